The molecule has 140 valence electrons. The van der Waals surface area contributed by atoms with Gasteiger partial charge in [-0.25, -0.2) is 4.79 Å². The number of nitrogens with one attached hydrogen (secondary N) is 1. The molecule has 2 atom stereocenters. The quantitative estimate of drug-likeness (QED) is 0.701. The molecule has 0 aromatic rings. The van der Waals surface area contributed by atoms with E-state index in [9.17, 15) is 4.79 Å². The van der Waals surface area contributed by atoms with Crippen molar-refractivity contribution in [1.82, 2.24) is 10.2 Å². The van der Waals surface area contributed by atoms with Gasteiger partial charge in [-0.2, -0.15) is 0 Å². The van der Waals surface area contributed by atoms with E-state index in [-0.39, 0.29) is 17.8 Å². The fourth-order valence-electron chi connectivity index (χ4n) is 2.98. The summed E-state index contributed by atoms with van der Waals surface area (Å²) in [4.78, 5) is 23.0. The summed E-state index contributed by atoms with van der Waals surface area (Å²) >= 11 is 0. The van der Waals surface area contributed by atoms with Crippen LogP contribution in [0.25, 0.3) is 0 Å². The zero-order chi connectivity index (χ0) is 18.4. The van der Waals surface area contributed by atoms with Crippen molar-refractivity contribution < 1.29 is 24.2 Å². The van der Waals surface area contributed by atoms with Crippen LogP contribution < -0.4 is 5.32 Å². The molecule has 0 aromatic carbocycles. The maximum Gasteiger partial charge on any atom is 0.410 e. The molecule has 7 nitrogen and oxygen atoms in total. The van der Waals surface area contributed by atoms with E-state index in [0.717, 1.165) is 45.8 Å². The van der Waals surface area contributed by atoms with Crippen molar-refractivity contribution in [2.45, 2.75) is 71.2 Å². The Kier molecular flexibility index (Phi) is 7.48. The van der Waals surface area contributed by atoms with E-state index < -0.39 is 11.6 Å². The lowest BCUT2D eigenvalue weighted by atomic mass is 9.92. The van der Waals surface area contributed by atoms with Crippen LogP contribution in [0.4, 0.5) is 4.79 Å². The fraction of sp³-hybridized carbons (Fsp3) is 0.882. The van der Waals surface area contributed by atoms with E-state index in [0.29, 0.717) is 6.54 Å². The minimum absolute atomic E-state index is 0.103. The molecule has 2 N–H and O–H groups in total. The fourth-order valence-corrected chi connectivity index (χ4v) is 2.98. The number of carboxylic acid groups (broad SMARTS) is 1. The van der Waals surface area contributed by atoms with E-state index in [1.165, 1.54) is 0 Å². The van der Waals surface area contributed by atoms with Crippen LogP contribution in [0, 0.1) is 0 Å². The zero-order valence-corrected chi connectivity index (χ0v) is 15.6. The molecule has 2 saturated heterocycles. The summed E-state index contributed by atoms with van der Waals surface area (Å²) in [7, 11) is 0. The first kappa shape index (κ1) is 20.7. The van der Waals surface area contributed by atoms with Gasteiger partial charge in [-0.15, -0.1) is 0 Å². The summed E-state index contributed by atoms with van der Waals surface area (Å²) in [6.07, 6.45) is 2.89. The number of hydrogen-bond donors (Lipinski definition) is 2. The van der Waals surface area contributed by atoms with Gasteiger partial charge in [-0.1, -0.05) is 0 Å². The Labute approximate surface area is 144 Å². The average molecular weight is 344 g/mol. The van der Waals surface area contributed by atoms with E-state index in [1.807, 2.05) is 25.7 Å². The van der Waals surface area contributed by atoms with Gasteiger partial charge >= 0.3 is 6.09 Å². The predicted octanol–water partition coefficient (Wildman–Crippen LogP) is 2.25. The molecule has 0 bridgehead atoms. The molecule has 1 spiro atoms. The van der Waals surface area contributed by atoms with Gasteiger partial charge in [0.05, 0.1) is 11.7 Å². The van der Waals surface area contributed by atoms with Crippen molar-refractivity contribution in [2.75, 3.05) is 26.2 Å². The Morgan fingerprint density at radius 3 is 2.46 bits per heavy atom. The third kappa shape index (κ3) is 7.49. The number of rotatable bonds is 0. The van der Waals surface area contributed by atoms with Crippen molar-refractivity contribution >= 4 is 12.1 Å². The van der Waals surface area contributed by atoms with Gasteiger partial charge < -0.3 is 24.8 Å². The van der Waals surface area contributed by atoms with Crippen molar-refractivity contribution in [3.8, 4) is 0 Å². The number of amides is 1. The van der Waals surface area contributed by atoms with Crippen molar-refractivity contribution in [1.29, 1.82) is 0 Å². The summed E-state index contributed by atoms with van der Waals surface area (Å²) < 4.78 is 11.6. The highest BCUT2D eigenvalue weighted by atomic mass is 16.6. The van der Waals surface area contributed by atoms with Crippen LogP contribution in [0.15, 0.2) is 0 Å². The predicted molar refractivity (Wildman–Crippen MR) is 91.1 cm³/mol. The van der Waals surface area contributed by atoms with Crippen LogP contribution in [0.3, 0.4) is 0 Å². The Morgan fingerprint density at radius 2 is 1.92 bits per heavy atom. The number of ether oxygens (including phenoxy) is 2. The van der Waals surface area contributed by atoms with Gasteiger partial charge in [0, 0.05) is 33.1 Å². The molecule has 2 fully saturated rings. The summed E-state index contributed by atoms with van der Waals surface area (Å²) in [5.74, 6) is -0.833. The second kappa shape index (κ2) is 8.67. The third-order valence-corrected chi connectivity index (χ3v) is 3.88. The second-order valence-electron chi connectivity index (χ2n) is 7.58. The van der Waals surface area contributed by atoms with Gasteiger partial charge in [-0.05, 0) is 47.0 Å². The minimum Gasteiger partial charge on any atom is -0.481 e. The normalized spacial score (nSPS) is 27.7. The van der Waals surface area contributed by atoms with Crippen LogP contribution in [-0.2, 0) is 14.3 Å². The van der Waals surface area contributed by atoms with Gasteiger partial charge in [0.1, 0.15) is 5.60 Å². The van der Waals surface area contributed by atoms with Crippen molar-refractivity contribution in [2.24, 2.45) is 0 Å². The summed E-state index contributed by atoms with van der Waals surface area (Å²) in [5, 5.41) is 10.9. The van der Waals surface area contributed by atoms with Crippen molar-refractivity contribution in [3.05, 3.63) is 0 Å². The third-order valence-electron chi connectivity index (χ3n) is 3.88. The average Bonchev–Trinajstić information content (AvgIpc) is 2.59. The second-order valence-corrected chi connectivity index (χ2v) is 7.58. The van der Waals surface area contributed by atoms with Crippen LogP contribution in [0.1, 0.15) is 53.9 Å². The number of morpholine rings is 1. The van der Waals surface area contributed by atoms with Crippen LogP contribution in [0.2, 0.25) is 0 Å². The van der Waals surface area contributed by atoms with Gasteiger partial charge in [0.25, 0.3) is 5.97 Å². The van der Waals surface area contributed by atoms with Gasteiger partial charge in [-0.3, -0.25) is 4.79 Å². The van der Waals surface area contributed by atoms with Gasteiger partial charge in [0.2, 0.25) is 0 Å². The van der Waals surface area contributed by atoms with Gasteiger partial charge in [0.15, 0.2) is 0 Å². The van der Waals surface area contributed by atoms with Crippen molar-refractivity contribution in [3.63, 3.8) is 0 Å². The smallest absolute Gasteiger partial charge is 0.410 e. The highest BCUT2D eigenvalue weighted by Crippen LogP contribution is 2.29. The highest BCUT2D eigenvalue weighted by molar-refractivity contribution is 5.68. The molecule has 24 heavy (non-hydrogen) atoms. The first-order chi connectivity index (χ1) is 11.0. The Morgan fingerprint density at radius 1 is 1.29 bits per heavy atom. The number of aliphatic carboxylic acids is 1. The van der Waals surface area contributed by atoms with E-state index in [4.69, 9.17) is 19.4 Å². The van der Waals surface area contributed by atoms with Crippen LogP contribution in [0.5, 0.6) is 0 Å². The van der Waals surface area contributed by atoms with E-state index >= 15 is 0 Å². The zero-order valence-electron chi connectivity index (χ0n) is 15.6. The molecule has 1 amide bonds. The maximum absolute atomic E-state index is 12.1. The molecule has 2 heterocycles. The molecular weight excluding hydrogens is 312 g/mol. The lowest BCUT2D eigenvalue weighted by Crippen LogP contribution is -2.53. The van der Waals surface area contributed by atoms with Crippen LogP contribution >= 0.6 is 0 Å². The Balaban J connectivity index is 0.000000648. The van der Waals surface area contributed by atoms with E-state index in [2.05, 4.69) is 12.2 Å². The summed E-state index contributed by atoms with van der Waals surface area (Å²) in [6, 6.07) is 0. The lowest BCUT2D eigenvalue weighted by Gasteiger charge is -2.40. The maximum atomic E-state index is 12.1. The number of nitrogens with zero attached hydrogens (tertiary/aromatic N) is 1. The molecule has 0 saturated carbocycles. The number of likely N-dealkylation sites (tertiary alicyclic amines) is 1. The Hall–Kier alpha value is -1.34. The molecule has 0 radical (unpaired) electrons. The lowest BCUT2D eigenvalue weighted by molar-refractivity contribution is -0.134. The molecule has 7 heteroatoms. The first-order valence-electron chi connectivity index (χ1n) is 8.59. The SMILES string of the molecule is CC(=O)O.C[C@H]1CNC[C@@]2(CCCN(C(=O)OC(C)(C)C)CC2)O1. The summed E-state index contributed by atoms with van der Waals surface area (Å²) in [6.45, 7) is 12.2. The largest absolute Gasteiger partial charge is 0.481 e. The Bertz CT molecular complexity index is 431. The first-order valence-corrected chi connectivity index (χ1v) is 8.59. The molecular formula is C17H32N2O5. The topological polar surface area (TPSA) is 88.1 Å². The molecule has 2 aliphatic heterocycles. The number of carboxylic acids is 1. The monoisotopic (exact) mass is 344 g/mol. The van der Waals surface area contributed by atoms with Crippen LogP contribution in [-0.4, -0.2) is 65.6 Å². The summed E-state index contributed by atoms with van der Waals surface area (Å²) in [5.41, 5.74) is -0.535. The number of carbonyl (C=O) groups excluding carboxylic acids is 1. The highest BCUT2D eigenvalue weighted by Gasteiger charge is 2.38. The molecule has 2 aliphatic rings. The van der Waals surface area contributed by atoms with E-state index in [1.54, 1.807) is 0 Å². The molecule has 2 rings (SSSR count). The molecule has 0 unspecified atom stereocenters. The minimum atomic E-state index is -0.833. The number of carbonyl (C=O) groups is 2. The molecule has 0 aliphatic carbocycles. The number of hydrogen-bond acceptors (Lipinski definition) is 5. The molecule has 0 aromatic heterocycles. The standard InChI is InChI=1S/C15H28N2O3.C2H4O2/c1-12-10-16-11-15(19-12)6-5-8-17(9-7-15)13(18)20-14(2,3)4;1-2(3)4/h12,16H,5-11H2,1-4H3;1H3,(H,3,4)/t12-,15-;/m0./s1.